The van der Waals surface area contributed by atoms with E-state index in [2.05, 4.69) is 20.1 Å². The van der Waals surface area contributed by atoms with Crippen LogP contribution in [-0.2, 0) is 51.8 Å². The summed E-state index contributed by atoms with van der Waals surface area (Å²) in [5, 5.41) is 22.7. The number of rotatable bonds is 8. The van der Waals surface area contributed by atoms with Crippen molar-refractivity contribution < 1.29 is 59.7 Å². The molecule has 6 rings (SSSR count). The van der Waals surface area contributed by atoms with Crippen molar-refractivity contribution in [1.29, 1.82) is 0 Å². The average molecular weight is 857 g/mol. The molecule has 0 saturated carbocycles. The Morgan fingerprint density at radius 1 is 0.590 bits per heavy atom. The number of aryl methyl sites for hydroxylation is 6. The van der Waals surface area contributed by atoms with Gasteiger partial charge in [0.2, 0.25) is 0 Å². The standard InChI is InChI=1S/C13H15N3O3.C12H13N3O3.C7H10N2O2.C6H7NO2.CH3F.CH4.H2O/c1-15-6-4-5-10(15)12(17)14-9-7-11(13(18)19-3)16(2)8-9;1-14-5-3-4-9(14)11(16)13-8-6-10(12(17)18)15(2)7-8;1-9-4-5(8)3-6(9)7(10)11-2;1-7-4-2-3-5(7)6(8)9;1-2;;/h4-8H,1-3H3,(H,14,17);3-7H,1-2H3,(H,13,16)(H,17,18);3-4H,8H2,1-2H3;2-4H,1H3,(H,8,9);1H3;1H4;1H2/i;;;;1D;;. The van der Waals surface area contributed by atoms with Crippen molar-refractivity contribution in [3.63, 3.8) is 0 Å². The van der Waals surface area contributed by atoms with Crippen LogP contribution in [0.2, 0.25) is 0 Å². The number of hydrogen-bond donors (Lipinski definition) is 5. The first-order valence-corrected chi connectivity index (χ1v) is 17.0. The number of hydrogen-bond acceptors (Lipinski definition) is 9. The number of esters is 2. The summed E-state index contributed by atoms with van der Waals surface area (Å²) in [6.07, 6.45) is 10.1. The summed E-state index contributed by atoms with van der Waals surface area (Å²) < 4.78 is 34.3. The molecule has 0 atom stereocenters. The molecule has 0 unspecified atom stereocenters. The van der Waals surface area contributed by atoms with E-state index in [4.69, 9.17) is 17.3 Å². The average Bonchev–Trinajstić information content (AvgIpc) is 4.06. The molecule has 0 spiro atoms. The highest BCUT2D eigenvalue weighted by Gasteiger charge is 2.16. The van der Waals surface area contributed by atoms with Crippen molar-refractivity contribution in [2.75, 3.05) is 37.7 Å². The molecule has 0 radical (unpaired) electrons. The molecule has 0 bridgehead atoms. The fourth-order valence-electron chi connectivity index (χ4n) is 5.15. The third kappa shape index (κ3) is 14.8. The van der Waals surface area contributed by atoms with Gasteiger partial charge in [0.1, 0.15) is 34.2 Å². The zero-order valence-electron chi connectivity index (χ0n) is 35.2. The minimum Gasteiger partial charge on any atom is -0.477 e. The van der Waals surface area contributed by atoms with Gasteiger partial charge in [0.25, 0.3) is 11.8 Å². The SMILES string of the molecule is C.COC(=O)c1cc(N)cn1C.COC(=O)c1cc(NC(=O)c2cccn2C)cn1C.Cn1cc(NC(=O)c2cccn2C)cc1C(=O)O.Cn1cccc1C(=O)O.O.[2H]CF. The number of carboxylic acid groups (broad SMARTS) is 2. The number of ether oxygens (including phenoxy) is 2. The first-order valence-electron chi connectivity index (χ1n) is 17.7. The Labute approximate surface area is 352 Å². The fourth-order valence-corrected chi connectivity index (χ4v) is 5.15. The van der Waals surface area contributed by atoms with Crippen molar-refractivity contribution in [2.45, 2.75) is 7.43 Å². The van der Waals surface area contributed by atoms with Crippen LogP contribution >= 0.6 is 0 Å². The molecule has 6 aromatic heterocycles. The summed E-state index contributed by atoms with van der Waals surface area (Å²) in [6.45, 7) is 0. The van der Waals surface area contributed by atoms with Gasteiger partial charge in [-0.2, -0.15) is 0 Å². The summed E-state index contributed by atoms with van der Waals surface area (Å²) in [7, 11) is 12.0. The highest BCUT2D eigenvalue weighted by molar-refractivity contribution is 6.04. The summed E-state index contributed by atoms with van der Waals surface area (Å²) in [5.74, 6) is -3.23. The monoisotopic (exact) mass is 856 g/mol. The van der Waals surface area contributed by atoms with Crippen LogP contribution in [0.3, 0.4) is 0 Å². The van der Waals surface area contributed by atoms with Crippen LogP contribution in [0.1, 0.15) is 71.7 Å². The number of halogens is 1. The second-order valence-electron chi connectivity index (χ2n) is 12.2. The maximum Gasteiger partial charge on any atom is 0.354 e. The number of alkyl halides is 1. The van der Waals surface area contributed by atoms with Crippen LogP contribution in [0.15, 0.2) is 91.8 Å². The van der Waals surface area contributed by atoms with E-state index in [-0.39, 0.29) is 36.4 Å². The van der Waals surface area contributed by atoms with Crippen molar-refractivity contribution in [2.24, 2.45) is 42.3 Å². The van der Waals surface area contributed by atoms with Crippen molar-refractivity contribution in [1.82, 2.24) is 27.4 Å². The van der Waals surface area contributed by atoms with Crippen LogP contribution in [0.4, 0.5) is 21.5 Å². The number of nitrogens with zero attached hydrogens (tertiary/aromatic N) is 6. The molecule has 0 aliphatic heterocycles. The van der Waals surface area contributed by atoms with Crippen molar-refractivity contribution in [3.05, 3.63) is 126 Å². The minimum absolute atomic E-state index is 0. The van der Waals surface area contributed by atoms with E-state index >= 15 is 0 Å². The molecule has 2 amide bonds. The second kappa shape index (κ2) is 24.8. The summed E-state index contributed by atoms with van der Waals surface area (Å²) >= 11 is 0. The summed E-state index contributed by atoms with van der Waals surface area (Å²) in [5.41, 5.74) is 9.35. The third-order valence-electron chi connectivity index (χ3n) is 8.08. The van der Waals surface area contributed by atoms with Gasteiger partial charge in [0, 0.05) is 79.5 Å². The highest BCUT2D eigenvalue weighted by Crippen LogP contribution is 2.16. The van der Waals surface area contributed by atoms with E-state index < -0.39 is 25.1 Å². The molecule has 332 valence electrons. The highest BCUT2D eigenvalue weighted by atomic mass is 19.1. The summed E-state index contributed by atoms with van der Waals surface area (Å²) in [6, 6.07) is 14.8. The minimum atomic E-state index is -1.03. The molecule has 20 nitrogen and oxygen atoms in total. The molecule has 0 saturated heterocycles. The Hall–Kier alpha value is -7.81. The lowest BCUT2D eigenvalue weighted by Gasteiger charge is -2.03. The van der Waals surface area contributed by atoms with Crippen LogP contribution in [0.25, 0.3) is 0 Å². The van der Waals surface area contributed by atoms with Gasteiger partial charge in [-0.05, 0) is 54.6 Å². The Morgan fingerprint density at radius 3 is 1.20 bits per heavy atom. The smallest absolute Gasteiger partial charge is 0.354 e. The van der Waals surface area contributed by atoms with Crippen molar-refractivity contribution in [3.8, 4) is 0 Å². The van der Waals surface area contributed by atoms with Crippen LogP contribution < -0.4 is 16.4 Å². The number of anilines is 3. The van der Waals surface area contributed by atoms with Gasteiger partial charge >= 0.3 is 23.9 Å². The molecule has 21 heteroatoms. The molecular weight excluding hydrogens is 801 g/mol. The van der Waals surface area contributed by atoms with Gasteiger partial charge in [-0.3, -0.25) is 14.0 Å². The molecule has 6 aromatic rings. The van der Waals surface area contributed by atoms with Gasteiger partial charge in [0.15, 0.2) is 0 Å². The lowest BCUT2D eigenvalue weighted by Crippen LogP contribution is -2.14. The number of carbonyl (C=O) groups excluding carboxylic acids is 4. The van der Waals surface area contributed by atoms with Gasteiger partial charge in [-0.1, -0.05) is 7.43 Å². The number of aromatic nitrogens is 6. The van der Waals surface area contributed by atoms with Gasteiger partial charge in [-0.15, -0.1) is 0 Å². The van der Waals surface area contributed by atoms with Crippen molar-refractivity contribution >= 4 is 52.8 Å². The maximum absolute atomic E-state index is 12.0. The Bertz CT molecular complexity index is 2400. The third-order valence-corrected chi connectivity index (χ3v) is 8.08. The number of carbonyl (C=O) groups is 6. The van der Waals surface area contributed by atoms with E-state index in [1.807, 2.05) is 0 Å². The number of aromatic carboxylic acids is 2. The van der Waals surface area contributed by atoms with E-state index in [9.17, 15) is 33.2 Å². The molecule has 61 heavy (non-hydrogen) atoms. The molecule has 8 N–H and O–H groups in total. The number of nitrogens with one attached hydrogen (secondary N) is 2. The quantitative estimate of drug-likeness (QED) is 0.135. The fraction of sp³-hybridized carbons (Fsp3) is 0.250. The molecular formula is C40H54FN9O11. The summed E-state index contributed by atoms with van der Waals surface area (Å²) in [4.78, 5) is 67.4. The predicted molar refractivity (Wildman–Crippen MR) is 227 cm³/mol. The number of nitrogens with two attached hydrogens (primary N) is 1. The first kappa shape index (κ1) is 51.2. The van der Waals surface area contributed by atoms with Crippen LogP contribution in [0.5, 0.6) is 0 Å². The van der Waals surface area contributed by atoms with E-state index in [0.717, 1.165) is 0 Å². The van der Waals surface area contributed by atoms with Gasteiger partial charge in [0.05, 0.1) is 39.8 Å². The number of carboxylic acids is 2. The number of methoxy groups -OCH3 is 2. The largest absolute Gasteiger partial charge is 0.477 e. The van der Waals surface area contributed by atoms with Gasteiger partial charge in [-0.25, -0.2) is 19.2 Å². The molecule has 0 aromatic carbocycles. The number of amides is 2. The Balaban J connectivity index is 0.000000803. The zero-order chi connectivity index (χ0) is 45.3. The van der Waals surface area contributed by atoms with E-state index in [1.165, 1.54) is 24.9 Å². The number of nitrogen functional groups attached to an aromatic ring is 1. The lowest BCUT2D eigenvalue weighted by molar-refractivity contribution is 0.0581. The second-order valence-corrected chi connectivity index (χ2v) is 12.2. The van der Waals surface area contributed by atoms with E-state index in [0.29, 0.717) is 45.5 Å². The normalized spacial score (nSPS) is 9.69. The molecule has 0 fully saturated rings. The Kier molecular flexibility index (Phi) is 20.9. The molecule has 0 aliphatic rings. The van der Waals surface area contributed by atoms with Crippen LogP contribution in [0, 0.1) is 0 Å². The Morgan fingerprint density at radius 2 is 0.918 bits per heavy atom. The van der Waals surface area contributed by atoms with E-state index in [1.54, 1.807) is 151 Å². The molecule has 0 aliphatic carbocycles. The zero-order valence-corrected chi connectivity index (χ0v) is 34.2. The van der Waals surface area contributed by atoms with Gasteiger partial charge < -0.3 is 68.9 Å². The van der Waals surface area contributed by atoms with Crippen LogP contribution in [-0.4, -0.2) is 100 Å². The first-order chi connectivity index (χ1) is 28.3. The topological polar surface area (TPSA) is 272 Å². The lowest BCUT2D eigenvalue weighted by atomic mass is 10.3. The predicted octanol–water partition coefficient (Wildman–Crippen LogP) is 4.23. The molecule has 6 heterocycles. The maximum atomic E-state index is 12.0.